The number of H-pyrrole nitrogens is 1. The van der Waals surface area contributed by atoms with E-state index in [-0.39, 0.29) is 33.9 Å². The normalized spacial score (nSPS) is 17.1. The topological polar surface area (TPSA) is 130 Å². The first kappa shape index (κ1) is 21.1. The standard InChI is InChI=1S/C23H16F2N6O3/c24-22-29-21-17(7-8-28-21)23(25,30-14-4-1-3-13(9-14)19-10-27-12-34-19)31(22)18-6-2-5-15(20(26)33)16(18)11-32/h1-12,28,30H,(H2,26,33). The van der Waals surface area contributed by atoms with Crippen molar-refractivity contribution in [1.29, 1.82) is 0 Å². The zero-order valence-electron chi connectivity index (χ0n) is 17.3. The molecular weight excluding hydrogens is 446 g/mol. The fourth-order valence-corrected chi connectivity index (χ4v) is 3.89. The molecule has 1 atom stereocenters. The molecular formula is C23H16F2N6O3. The second-order valence-corrected chi connectivity index (χ2v) is 7.37. The summed E-state index contributed by atoms with van der Waals surface area (Å²) in [6, 6.07) is 11.9. The fraction of sp³-hybridized carbons (Fsp3) is 0.0435. The number of alkyl halides is 1. The first-order valence-electron chi connectivity index (χ1n) is 9.98. The van der Waals surface area contributed by atoms with Crippen LogP contribution in [0.15, 0.2) is 76.7 Å². The minimum absolute atomic E-state index is 0.0414. The molecule has 0 saturated heterocycles. The van der Waals surface area contributed by atoms with Gasteiger partial charge >= 0.3 is 0 Å². The van der Waals surface area contributed by atoms with Crippen LogP contribution >= 0.6 is 0 Å². The Morgan fingerprint density at radius 2 is 2.06 bits per heavy atom. The zero-order chi connectivity index (χ0) is 23.9. The first-order valence-corrected chi connectivity index (χ1v) is 9.98. The summed E-state index contributed by atoms with van der Waals surface area (Å²) in [4.78, 5) is 34.7. The van der Waals surface area contributed by atoms with Crippen molar-refractivity contribution in [3.63, 3.8) is 0 Å². The van der Waals surface area contributed by atoms with Crippen molar-refractivity contribution in [2.45, 2.75) is 5.92 Å². The van der Waals surface area contributed by atoms with Gasteiger partial charge in [0, 0.05) is 17.4 Å². The van der Waals surface area contributed by atoms with Crippen LogP contribution in [0.3, 0.4) is 0 Å². The van der Waals surface area contributed by atoms with Gasteiger partial charge < -0.3 is 20.5 Å². The summed E-state index contributed by atoms with van der Waals surface area (Å²) in [5.41, 5.74) is 5.49. The smallest absolute Gasteiger partial charge is 0.295 e. The third-order valence-electron chi connectivity index (χ3n) is 5.38. The number of carbonyl (C=O) groups excluding carboxylic acids is 2. The number of nitrogens with two attached hydrogens (primary N) is 1. The fourth-order valence-electron chi connectivity index (χ4n) is 3.89. The van der Waals surface area contributed by atoms with E-state index in [1.807, 2.05) is 0 Å². The lowest BCUT2D eigenvalue weighted by molar-refractivity contribution is 0.0992. The van der Waals surface area contributed by atoms with Gasteiger partial charge in [0.25, 0.3) is 12.0 Å². The van der Waals surface area contributed by atoms with Gasteiger partial charge in [0.05, 0.1) is 28.6 Å². The highest BCUT2D eigenvalue weighted by Gasteiger charge is 2.48. The van der Waals surface area contributed by atoms with Crippen molar-refractivity contribution in [1.82, 2.24) is 9.97 Å². The van der Waals surface area contributed by atoms with Gasteiger partial charge in [-0.25, -0.2) is 9.88 Å². The number of benzene rings is 2. The number of amidine groups is 1. The molecule has 34 heavy (non-hydrogen) atoms. The zero-order valence-corrected chi connectivity index (χ0v) is 17.3. The van der Waals surface area contributed by atoms with Gasteiger partial charge in [-0.2, -0.15) is 13.8 Å². The third kappa shape index (κ3) is 3.30. The quantitative estimate of drug-likeness (QED) is 0.290. The van der Waals surface area contributed by atoms with Crippen molar-refractivity contribution in [2.75, 3.05) is 10.2 Å². The number of hydrogen-bond acceptors (Lipinski definition) is 7. The molecule has 3 heterocycles. The molecule has 0 radical (unpaired) electrons. The van der Waals surface area contributed by atoms with Gasteiger partial charge in [-0.3, -0.25) is 9.59 Å². The average Bonchev–Trinajstić information content (AvgIpc) is 3.51. The SMILES string of the molecule is NC(=O)c1cccc(N2C(F)=Nc3[nH]ccc3C2(F)Nc2cccc(-c3cnco3)c2)c1C=O. The van der Waals surface area contributed by atoms with E-state index >= 15 is 8.78 Å². The second kappa shape index (κ2) is 7.96. The van der Waals surface area contributed by atoms with Crippen molar-refractivity contribution in [2.24, 2.45) is 10.7 Å². The lowest BCUT2D eigenvalue weighted by atomic mass is 10.0. The van der Waals surface area contributed by atoms with Crippen molar-refractivity contribution >= 4 is 35.5 Å². The largest absolute Gasteiger partial charge is 0.444 e. The van der Waals surface area contributed by atoms with Crippen molar-refractivity contribution < 1.29 is 22.8 Å². The van der Waals surface area contributed by atoms with Gasteiger partial charge in [-0.15, -0.1) is 0 Å². The minimum atomic E-state index is -2.75. The van der Waals surface area contributed by atoms with Crippen LogP contribution in [-0.4, -0.2) is 28.3 Å². The van der Waals surface area contributed by atoms with Crippen LogP contribution in [-0.2, 0) is 5.92 Å². The monoisotopic (exact) mass is 462 g/mol. The lowest BCUT2D eigenvalue weighted by Gasteiger charge is -2.40. The van der Waals surface area contributed by atoms with Crippen molar-refractivity contribution in [3.8, 4) is 11.3 Å². The Bertz CT molecular complexity index is 1430. The van der Waals surface area contributed by atoms with E-state index in [4.69, 9.17) is 10.2 Å². The summed E-state index contributed by atoms with van der Waals surface area (Å²) < 4.78 is 37.7. The Balaban J connectivity index is 1.67. The Morgan fingerprint density at radius 1 is 1.24 bits per heavy atom. The Kier molecular flexibility index (Phi) is 4.93. The van der Waals surface area contributed by atoms with Gasteiger partial charge in [0.15, 0.2) is 18.4 Å². The molecule has 1 amide bonds. The third-order valence-corrected chi connectivity index (χ3v) is 5.38. The number of aliphatic imine (C=N–C) groups is 1. The summed E-state index contributed by atoms with van der Waals surface area (Å²) in [5, 5.41) is 2.71. The lowest BCUT2D eigenvalue weighted by Crippen LogP contribution is -2.53. The number of halogens is 2. The maximum Gasteiger partial charge on any atom is 0.295 e. The van der Waals surface area contributed by atoms with Crippen LogP contribution in [0.4, 0.5) is 26.0 Å². The molecule has 0 aliphatic carbocycles. The van der Waals surface area contributed by atoms with Crippen LogP contribution in [0.1, 0.15) is 26.3 Å². The number of rotatable bonds is 6. The van der Waals surface area contributed by atoms with Crippen LogP contribution in [0.5, 0.6) is 0 Å². The average molecular weight is 462 g/mol. The number of fused-ring (bicyclic) bond motifs is 1. The molecule has 0 spiro atoms. The Hall–Kier alpha value is -4.80. The number of anilines is 2. The number of aromatic amines is 1. The molecule has 1 aliphatic rings. The number of hydrogen-bond donors (Lipinski definition) is 3. The van der Waals surface area contributed by atoms with Crippen LogP contribution in [0.25, 0.3) is 11.3 Å². The van der Waals surface area contributed by atoms with E-state index in [0.717, 1.165) is 0 Å². The van der Waals surface area contributed by atoms with Crippen molar-refractivity contribution in [3.05, 3.63) is 84.0 Å². The van der Waals surface area contributed by atoms with E-state index in [2.05, 4.69) is 20.3 Å². The number of primary amides is 1. The summed E-state index contributed by atoms with van der Waals surface area (Å²) >= 11 is 0. The molecule has 5 rings (SSSR count). The Labute approximate surface area is 190 Å². The van der Waals surface area contributed by atoms with Gasteiger partial charge in [-0.1, -0.05) is 18.2 Å². The highest BCUT2D eigenvalue weighted by molar-refractivity contribution is 6.07. The molecule has 0 fully saturated rings. The van der Waals surface area contributed by atoms with E-state index < -0.39 is 17.9 Å². The number of nitrogens with zero attached hydrogens (tertiary/aromatic N) is 3. The second-order valence-electron chi connectivity index (χ2n) is 7.37. The van der Waals surface area contributed by atoms with E-state index in [1.165, 1.54) is 43.1 Å². The van der Waals surface area contributed by atoms with Crippen LogP contribution < -0.4 is 16.0 Å². The van der Waals surface area contributed by atoms with Gasteiger partial charge in [0.1, 0.15) is 5.82 Å². The number of nitrogens with one attached hydrogen (secondary N) is 2. The van der Waals surface area contributed by atoms with Crippen LogP contribution in [0, 0.1) is 0 Å². The molecule has 2 aromatic carbocycles. The number of aldehydes is 1. The highest BCUT2D eigenvalue weighted by atomic mass is 19.2. The Morgan fingerprint density at radius 3 is 2.79 bits per heavy atom. The predicted octanol–water partition coefficient (Wildman–Crippen LogP) is 4.25. The van der Waals surface area contributed by atoms with E-state index in [1.54, 1.807) is 24.3 Å². The maximum absolute atomic E-state index is 17.0. The molecule has 170 valence electrons. The molecule has 4 N–H and O–H groups in total. The summed E-state index contributed by atoms with van der Waals surface area (Å²) in [6.45, 7) is 0. The molecule has 0 saturated carbocycles. The molecule has 2 aromatic heterocycles. The number of carbonyl (C=O) groups is 2. The predicted molar refractivity (Wildman–Crippen MR) is 120 cm³/mol. The number of aromatic nitrogens is 2. The summed E-state index contributed by atoms with van der Waals surface area (Å²) in [5.74, 6) is -3.27. The van der Waals surface area contributed by atoms with Crippen LogP contribution in [0.2, 0.25) is 0 Å². The molecule has 0 bridgehead atoms. The molecule has 1 unspecified atom stereocenters. The molecule has 11 heteroatoms. The van der Waals surface area contributed by atoms with E-state index in [0.29, 0.717) is 22.5 Å². The van der Waals surface area contributed by atoms with Gasteiger partial charge in [-0.05, 0) is 30.3 Å². The summed E-state index contributed by atoms with van der Waals surface area (Å²) in [6.07, 6.45) is 3.24. The maximum atomic E-state index is 17.0. The highest BCUT2D eigenvalue weighted by Crippen LogP contribution is 2.45. The number of oxazole rings is 1. The van der Waals surface area contributed by atoms with E-state index in [9.17, 15) is 9.59 Å². The molecule has 9 nitrogen and oxygen atoms in total. The van der Waals surface area contributed by atoms with Gasteiger partial charge in [0.2, 0.25) is 5.91 Å². The summed E-state index contributed by atoms with van der Waals surface area (Å²) in [7, 11) is 0. The minimum Gasteiger partial charge on any atom is -0.444 e. The first-order chi connectivity index (χ1) is 16.4. The molecule has 1 aliphatic heterocycles. The molecule has 4 aromatic rings. The number of amides is 1.